The summed E-state index contributed by atoms with van der Waals surface area (Å²) in [5, 5.41) is 10.2. The number of rotatable bonds is 6. The Labute approximate surface area is 124 Å². The zero-order valence-corrected chi connectivity index (χ0v) is 12.6. The maximum Gasteiger partial charge on any atom is 0.164 e. The van der Waals surface area contributed by atoms with Gasteiger partial charge in [-0.1, -0.05) is 12.1 Å². The molecule has 0 heterocycles. The van der Waals surface area contributed by atoms with Crippen molar-refractivity contribution in [3.8, 4) is 34.1 Å². The summed E-state index contributed by atoms with van der Waals surface area (Å²) in [7, 11) is 1.62. The smallest absolute Gasteiger partial charge is 0.164 e. The molecule has 0 saturated carbocycles. The molecule has 0 amide bonds. The summed E-state index contributed by atoms with van der Waals surface area (Å²) in [5.41, 5.74) is 1.59. The fraction of sp³-hybridized carbons (Fsp3) is 0.294. The Morgan fingerprint density at radius 3 is 2.00 bits per heavy atom. The van der Waals surface area contributed by atoms with Crippen LogP contribution in [-0.2, 0) is 0 Å². The summed E-state index contributed by atoms with van der Waals surface area (Å²) < 4.78 is 16.2. The Bertz CT molecular complexity index is 590. The number of hydrogen-bond acceptors (Lipinski definition) is 4. The predicted molar refractivity (Wildman–Crippen MR) is 82.4 cm³/mol. The van der Waals surface area contributed by atoms with Gasteiger partial charge >= 0.3 is 0 Å². The highest BCUT2D eigenvalue weighted by atomic mass is 16.5. The molecule has 1 N–H and O–H groups in total. The van der Waals surface area contributed by atoms with Crippen molar-refractivity contribution in [1.29, 1.82) is 0 Å². The van der Waals surface area contributed by atoms with E-state index in [1.165, 1.54) is 0 Å². The molecule has 2 rings (SSSR count). The average Bonchev–Trinajstić information content (AvgIpc) is 2.50. The van der Waals surface area contributed by atoms with Crippen molar-refractivity contribution < 1.29 is 19.3 Å². The molecule has 2 aromatic carbocycles. The largest absolute Gasteiger partial charge is 0.507 e. The lowest BCUT2D eigenvalue weighted by molar-refractivity contribution is 0.286. The van der Waals surface area contributed by atoms with Gasteiger partial charge in [0.05, 0.1) is 20.3 Å². The fourth-order valence-corrected chi connectivity index (χ4v) is 2.09. The monoisotopic (exact) mass is 288 g/mol. The molecule has 0 aliphatic heterocycles. The normalized spacial score (nSPS) is 10.2. The molecule has 0 bridgehead atoms. The first-order valence-corrected chi connectivity index (χ1v) is 6.96. The van der Waals surface area contributed by atoms with E-state index in [-0.39, 0.29) is 5.75 Å². The second-order valence-electron chi connectivity index (χ2n) is 4.41. The summed E-state index contributed by atoms with van der Waals surface area (Å²) in [6, 6.07) is 10.9. The molecule has 2 aromatic rings. The van der Waals surface area contributed by atoms with E-state index in [9.17, 15) is 5.11 Å². The van der Waals surface area contributed by atoms with Gasteiger partial charge in [0.1, 0.15) is 11.5 Å². The van der Waals surface area contributed by atoms with Crippen LogP contribution < -0.4 is 14.2 Å². The van der Waals surface area contributed by atoms with Crippen LogP contribution in [0.2, 0.25) is 0 Å². The Balaban J connectivity index is 2.44. The van der Waals surface area contributed by atoms with Gasteiger partial charge in [-0.15, -0.1) is 0 Å². The van der Waals surface area contributed by atoms with E-state index in [0.717, 1.165) is 11.3 Å². The Kier molecular flexibility index (Phi) is 4.93. The van der Waals surface area contributed by atoms with Gasteiger partial charge in [-0.3, -0.25) is 0 Å². The van der Waals surface area contributed by atoms with Crippen LogP contribution in [0.25, 0.3) is 11.1 Å². The number of aromatic hydroxyl groups is 1. The minimum Gasteiger partial charge on any atom is -0.507 e. The van der Waals surface area contributed by atoms with Crippen molar-refractivity contribution in [3.63, 3.8) is 0 Å². The van der Waals surface area contributed by atoms with Crippen LogP contribution in [0.4, 0.5) is 0 Å². The molecule has 4 heteroatoms. The minimum atomic E-state index is 0.159. The molecular weight excluding hydrogens is 268 g/mol. The molecule has 0 aliphatic carbocycles. The molecule has 21 heavy (non-hydrogen) atoms. The quantitative estimate of drug-likeness (QED) is 0.876. The zero-order chi connectivity index (χ0) is 15.2. The van der Waals surface area contributed by atoms with Crippen molar-refractivity contribution in [2.75, 3.05) is 20.3 Å². The molecule has 112 valence electrons. The topological polar surface area (TPSA) is 47.9 Å². The summed E-state index contributed by atoms with van der Waals surface area (Å²) in [4.78, 5) is 0. The van der Waals surface area contributed by atoms with Crippen LogP contribution in [0.15, 0.2) is 36.4 Å². The second-order valence-corrected chi connectivity index (χ2v) is 4.41. The van der Waals surface area contributed by atoms with Crippen molar-refractivity contribution in [2.24, 2.45) is 0 Å². The second kappa shape index (κ2) is 6.88. The first-order chi connectivity index (χ1) is 10.2. The van der Waals surface area contributed by atoms with Crippen LogP contribution in [0, 0.1) is 0 Å². The molecule has 0 spiro atoms. The minimum absolute atomic E-state index is 0.159. The molecule has 0 aliphatic rings. The molecule has 0 aromatic heterocycles. The third-order valence-corrected chi connectivity index (χ3v) is 3.06. The molecule has 4 nitrogen and oxygen atoms in total. The van der Waals surface area contributed by atoms with Crippen molar-refractivity contribution in [3.05, 3.63) is 36.4 Å². The lowest BCUT2D eigenvalue weighted by atomic mass is 10.0. The van der Waals surface area contributed by atoms with Gasteiger partial charge in [-0.2, -0.15) is 0 Å². The van der Waals surface area contributed by atoms with E-state index in [1.807, 2.05) is 38.1 Å². The van der Waals surface area contributed by atoms with E-state index in [2.05, 4.69) is 0 Å². The lowest BCUT2D eigenvalue weighted by Crippen LogP contribution is -1.98. The fourth-order valence-electron chi connectivity index (χ4n) is 2.09. The first-order valence-electron chi connectivity index (χ1n) is 6.96. The molecular formula is C17H20O4. The van der Waals surface area contributed by atoms with E-state index in [4.69, 9.17) is 14.2 Å². The number of phenolic OH excluding ortho intramolecular Hbond substituents is 1. The van der Waals surface area contributed by atoms with E-state index >= 15 is 0 Å². The highest BCUT2D eigenvalue weighted by Crippen LogP contribution is 2.40. The van der Waals surface area contributed by atoms with Gasteiger partial charge in [0, 0.05) is 11.6 Å². The van der Waals surface area contributed by atoms with E-state index in [0.29, 0.717) is 30.3 Å². The summed E-state index contributed by atoms with van der Waals surface area (Å²) in [6.45, 7) is 4.86. The van der Waals surface area contributed by atoms with Crippen molar-refractivity contribution in [2.45, 2.75) is 13.8 Å². The maximum atomic E-state index is 10.2. The van der Waals surface area contributed by atoms with Crippen molar-refractivity contribution >= 4 is 0 Å². The van der Waals surface area contributed by atoms with Gasteiger partial charge in [-0.05, 0) is 37.6 Å². The summed E-state index contributed by atoms with van der Waals surface area (Å²) >= 11 is 0. The summed E-state index contributed by atoms with van der Waals surface area (Å²) in [6.07, 6.45) is 0. The van der Waals surface area contributed by atoms with Gasteiger partial charge in [0.15, 0.2) is 11.5 Å². The van der Waals surface area contributed by atoms with Gasteiger partial charge in [-0.25, -0.2) is 0 Å². The molecule has 0 saturated heterocycles. The predicted octanol–water partition coefficient (Wildman–Crippen LogP) is 3.87. The molecule has 0 unspecified atom stereocenters. The third kappa shape index (κ3) is 3.40. The van der Waals surface area contributed by atoms with Crippen LogP contribution >= 0.6 is 0 Å². The van der Waals surface area contributed by atoms with Gasteiger partial charge in [0.25, 0.3) is 0 Å². The highest BCUT2D eigenvalue weighted by Gasteiger charge is 2.13. The SMILES string of the molecule is CCOc1cc(O)c(-c2ccc(OC)cc2)cc1OCC. The maximum absolute atomic E-state index is 10.2. The third-order valence-electron chi connectivity index (χ3n) is 3.06. The van der Waals surface area contributed by atoms with Crippen LogP contribution in [0.3, 0.4) is 0 Å². The lowest BCUT2D eigenvalue weighted by Gasteiger charge is -2.14. The van der Waals surface area contributed by atoms with Crippen LogP contribution in [-0.4, -0.2) is 25.4 Å². The molecule has 0 fully saturated rings. The summed E-state index contributed by atoms with van der Waals surface area (Å²) in [5.74, 6) is 2.11. The van der Waals surface area contributed by atoms with E-state index in [1.54, 1.807) is 19.2 Å². The van der Waals surface area contributed by atoms with Crippen LogP contribution in [0.5, 0.6) is 23.0 Å². The zero-order valence-electron chi connectivity index (χ0n) is 12.6. The first kappa shape index (κ1) is 15.0. The van der Waals surface area contributed by atoms with Crippen molar-refractivity contribution in [1.82, 2.24) is 0 Å². The number of hydrogen-bond donors (Lipinski definition) is 1. The number of methoxy groups -OCH3 is 1. The number of phenols is 1. The molecule has 0 atom stereocenters. The van der Waals surface area contributed by atoms with Crippen LogP contribution in [0.1, 0.15) is 13.8 Å². The molecule has 0 radical (unpaired) electrons. The standard InChI is InChI=1S/C17H20O4/c1-4-20-16-10-14(15(18)11-17(16)21-5-2)12-6-8-13(19-3)9-7-12/h6-11,18H,4-5H2,1-3H3. The number of ether oxygens (including phenoxy) is 3. The Morgan fingerprint density at radius 1 is 0.905 bits per heavy atom. The van der Waals surface area contributed by atoms with Gasteiger partial charge < -0.3 is 19.3 Å². The Hall–Kier alpha value is -2.36. The highest BCUT2D eigenvalue weighted by molar-refractivity contribution is 5.74. The van der Waals surface area contributed by atoms with Gasteiger partial charge in [0.2, 0.25) is 0 Å². The van der Waals surface area contributed by atoms with E-state index < -0.39 is 0 Å². The number of benzene rings is 2. The Morgan fingerprint density at radius 2 is 1.48 bits per heavy atom. The average molecular weight is 288 g/mol.